The molecule has 1 saturated heterocycles. The quantitative estimate of drug-likeness (QED) is 0.458. The van der Waals surface area contributed by atoms with Crippen molar-refractivity contribution in [1.29, 1.82) is 0 Å². The Morgan fingerprint density at radius 1 is 1.30 bits per heavy atom. The number of carbonyl (C=O) groups is 1. The number of hydrogen-bond donors (Lipinski definition) is 2. The molecule has 0 radical (unpaired) electrons. The first-order chi connectivity index (χ1) is 9.76. The molecule has 2 heterocycles. The molecule has 0 bridgehead atoms. The summed E-state index contributed by atoms with van der Waals surface area (Å²) >= 11 is 0. The monoisotopic (exact) mass is 275 g/mol. The second-order valence-electron chi connectivity index (χ2n) is 5.53. The number of aromatic nitrogens is 1. The minimum atomic E-state index is -0.342. The van der Waals surface area contributed by atoms with Crippen molar-refractivity contribution >= 4 is 5.91 Å². The Labute approximate surface area is 118 Å². The highest BCUT2D eigenvalue weighted by Crippen LogP contribution is 2.27. The first kappa shape index (κ1) is 13.5. The molecule has 108 valence electrons. The maximum atomic E-state index is 11.5. The molecule has 6 heteroatoms. The van der Waals surface area contributed by atoms with E-state index in [-0.39, 0.29) is 5.91 Å². The van der Waals surface area contributed by atoms with E-state index < -0.39 is 0 Å². The fourth-order valence-corrected chi connectivity index (χ4v) is 2.72. The van der Waals surface area contributed by atoms with Gasteiger partial charge in [-0.3, -0.25) is 20.0 Å². The van der Waals surface area contributed by atoms with Gasteiger partial charge in [-0.1, -0.05) is 6.07 Å². The van der Waals surface area contributed by atoms with Crippen LogP contribution in [0.15, 0.2) is 18.2 Å². The molecule has 1 saturated carbocycles. The Morgan fingerprint density at radius 2 is 2.05 bits per heavy atom. The Balaban J connectivity index is 1.56. The van der Waals surface area contributed by atoms with Gasteiger partial charge in [0.1, 0.15) is 5.69 Å². The zero-order chi connectivity index (χ0) is 13.9. The van der Waals surface area contributed by atoms with Gasteiger partial charge in [0.2, 0.25) is 0 Å². The number of nitrogens with two attached hydrogens (primary N) is 1. The number of pyridine rings is 1. The molecule has 3 N–H and O–H groups in total. The Hall–Kier alpha value is -1.50. The van der Waals surface area contributed by atoms with Crippen molar-refractivity contribution in [2.24, 2.45) is 5.84 Å². The third-order valence-corrected chi connectivity index (χ3v) is 4.03. The zero-order valence-corrected chi connectivity index (χ0v) is 11.6. The van der Waals surface area contributed by atoms with Gasteiger partial charge in [-0.15, -0.1) is 0 Å². The summed E-state index contributed by atoms with van der Waals surface area (Å²) in [6.07, 6.45) is 2.75. The smallest absolute Gasteiger partial charge is 0.283 e. The second-order valence-corrected chi connectivity index (χ2v) is 5.53. The van der Waals surface area contributed by atoms with Crippen molar-refractivity contribution in [1.82, 2.24) is 20.2 Å². The summed E-state index contributed by atoms with van der Waals surface area (Å²) in [5, 5.41) is 0. The van der Waals surface area contributed by atoms with E-state index in [0.717, 1.165) is 44.5 Å². The molecule has 0 aromatic carbocycles. The van der Waals surface area contributed by atoms with Crippen molar-refractivity contribution in [2.45, 2.75) is 25.4 Å². The first-order valence-corrected chi connectivity index (χ1v) is 7.19. The molecule has 1 aromatic heterocycles. The van der Waals surface area contributed by atoms with Crippen LogP contribution < -0.4 is 11.3 Å². The highest BCUT2D eigenvalue weighted by Gasteiger charge is 2.31. The van der Waals surface area contributed by atoms with Crippen LogP contribution in [0.3, 0.4) is 0 Å². The van der Waals surface area contributed by atoms with Crippen LogP contribution in [0, 0.1) is 0 Å². The average molecular weight is 275 g/mol. The maximum Gasteiger partial charge on any atom is 0.283 e. The lowest BCUT2D eigenvalue weighted by molar-refractivity contribution is 0.0947. The van der Waals surface area contributed by atoms with Gasteiger partial charge in [0, 0.05) is 38.8 Å². The topological polar surface area (TPSA) is 74.5 Å². The largest absolute Gasteiger partial charge is 0.298 e. The molecule has 2 aliphatic rings. The van der Waals surface area contributed by atoms with Crippen LogP contribution in [0.25, 0.3) is 0 Å². The van der Waals surface area contributed by atoms with E-state index in [0.29, 0.717) is 5.69 Å². The van der Waals surface area contributed by atoms with Gasteiger partial charge < -0.3 is 0 Å². The SMILES string of the molecule is NNC(=O)c1cccc(CN2CCN(C3CC3)CC2)n1. The number of hydrazine groups is 1. The molecule has 2 fully saturated rings. The minimum Gasteiger partial charge on any atom is -0.298 e. The van der Waals surface area contributed by atoms with Crippen molar-refractivity contribution in [3.05, 3.63) is 29.6 Å². The van der Waals surface area contributed by atoms with Gasteiger partial charge in [-0.25, -0.2) is 10.8 Å². The minimum absolute atomic E-state index is 0.342. The molecule has 3 rings (SSSR count). The highest BCUT2D eigenvalue weighted by atomic mass is 16.2. The Morgan fingerprint density at radius 3 is 2.70 bits per heavy atom. The van der Waals surface area contributed by atoms with E-state index in [1.807, 2.05) is 12.1 Å². The molecule has 1 amide bonds. The third-order valence-electron chi connectivity index (χ3n) is 4.03. The third kappa shape index (κ3) is 3.15. The summed E-state index contributed by atoms with van der Waals surface area (Å²) in [6.45, 7) is 5.24. The molecule has 0 spiro atoms. The summed E-state index contributed by atoms with van der Waals surface area (Å²) in [5.74, 6) is 4.79. The summed E-state index contributed by atoms with van der Waals surface area (Å²) in [6, 6.07) is 6.34. The Bertz CT molecular complexity index is 480. The average Bonchev–Trinajstić information content (AvgIpc) is 3.32. The van der Waals surface area contributed by atoms with Gasteiger partial charge in [-0.05, 0) is 25.0 Å². The molecule has 1 aliphatic carbocycles. The number of nitrogen functional groups attached to an aromatic ring is 1. The normalized spacial score (nSPS) is 20.9. The number of amides is 1. The maximum absolute atomic E-state index is 11.5. The lowest BCUT2D eigenvalue weighted by atomic mass is 10.2. The van der Waals surface area contributed by atoms with Gasteiger partial charge in [0.15, 0.2) is 0 Å². The molecule has 20 heavy (non-hydrogen) atoms. The summed E-state index contributed by atoms with van der Waals surface area (Å²) < 4.78 is 0. The molecular weight excluding hydrogens is 254 g/mol. The van der Waals surface area contributed by atoms with Gasteiger partial charge in [0.05, 0.1) is 5.69 Å². The fourth-order valence-electron chi connectivity index (χ4n) is 2.72. The summed E-state index contributed by atoms with van der Waals surface area (Å²) in [7, 11) is 0. The molecule has 1 aromatic rings. The lowest BCUT2D eigenvalue weighted by Crippen LogP contribution is -2.46. The Kier molecular flexibility index (Phi) is 3.95. The van der Waals surface area contributed by atoms with Crippen LogP contribution in [0.5, 0.6) is 0 Å². The van der Waals surface area contributed by atoms with E-state index in [2.05, 4.69) is 20.2 Å². The zero-order valence-electron chi connectivity index (χ0n) is 11.6. The predicted molar refractivity (Wildman–Crippen MR) is 75.8 cm³/mol. The number of carbonyl (C=O) groups excluding carboxylic acids is 1. The second kappa shape index (κ2) is 5.87. The first-order valence-electron chi connectivity index (χ1n) is 7.19. The van der Waals surface area contributed by atoms with Crippen molar-refractivity contribution in [3.8, 4) is 0 Å². The van der Waals surface area contributed by atoms with Crippen molar-refractivity contribution in [3.63, 3.8) is 0 Å². The van der Waals surface area contributed by atoms with Crippen molar-refractivity contribution < 1.29 is 4.79 Å². The number of nitrogens with zero attached hydrogens (tertiary/aromatic N) is 3. The van der Waals surface area contributed by atoms with Crippen LogP contribution in [0.2, 0.25) is 0 Å². The van der Waals surface area contributed by atoms with Crippen LogP contribution in [-0.2, 0) is 6.54 Å². The van der Waals surface area contributed by atoms with Crippen LogP contribution in [0.1, 0.15) is 29.0 Å². The van der Waals surface area contributed by atoms with Crippen LogP contribution in [-0.4, -0.2) is 52.9 Å². The number of rotatable bonds is 4. The van der Waals surface area contributed by atoms with E-state index >= 15 is 0 Å². The van der Waals surface area contributed by atoms with Gasteiger partial charge >= 0.3 is 0 Å². The van der Waals surface area contributed by atoms with Crippen molar-refractivity contribution in [2.75, 3.05) is 26.2 Å². The van der Waals surface area contributed by atoms with Gasteiger partial charge in [0.25, 0.3) is 5.91 Å². The predicted octanol–water partition coefficient (Wildman–Crippen LogP) is -0.0349. The highest BCUT2D eigenvalue weighted by molar-refractivity contribution is 5.91. The molecule has 0 unspecified atom stereocenters. The van der Waals surface area contributed by atoms with E-state index in [4.69, 9.17) is 5.84 Å². The molecule has 6 nitrogen and oxygen atoms in total. The van der Waals surface area contributed by atoms with E-state index in [9.17, 15) is 4.79 Å². The van der Waals surface area contributed by atoms with E-state index in [1.54, 1.807) is 6.07 Å². The summed E-state index contributed by atoms with van der Waals surface area (Å²) in [4.78, 5) is 20.8. The number of nitrogens with one attached hydrogen (secondary N) is 1. The number of piperazine rings is 1. The lowest BCUT2D eigenvalue weighted by Gasteiger charge is -2.34. The molecule has 0 atom stereocenters. The molecule has 1 aliphatic heterocycles. The van der Waals surface area contributed by atoms with Gasteiger partial charge in [-0.2, -0.15) is 0 Å². The van der Waals surface area contributed by atoms with E-state index in [1.165, 1.54) is 12.8 Å². The molecular formula is C14H21N5O. The summed E-state index contributed by atoms with van der Waals surface area (Å²) in [5.41, 5.74) is 3.41. The fraction of sp³-hybridized carbons (Fsp3) is 0.571. The van der Waals surface area contributed by atoms with Crippen LogP contribution >= 0.6 is 0 Å². The standard InChI is InChI=1S/C14H21N5O/c15-17-14(20)13-3-1-2-11(16-13)10-18-6-8-19(9-7-18)12-4-5-12/h1-3,12H,4-10,15H2,(H,17,20). The van der Waals surface area contributed by atoms with Crippen LogP contribution in [0.4, 0.5) is 0 Å². The number of hydrogen-bond acceptors (Lipinski definition) is 5.